The number of amides is 2. The van der Waals surface area contributed by atoms with Crippen LogP contribution in [0.4, 0.5) is 0 Å². The molecule has 1 aliphatic heterocycles. The van der Waals surface area contributed by atoms with Gasteiger partial charge in [0.25, 0.3) is 0 Å². The molecule has 1 aromatic rings. The summed E-state index contributed by atoms with van der Waals surface area (Å²) >= 11 is 0. The fraction of sp³-hybridized carbons (Fsp3) is 0.667. The van der Waals surface area contributed by atoms with Crippen LogP contribution in [0, 0.1) is 0 Å². The number of rotatable bonds is 4. The van der Waals surface area contributed by atoms with E-state index in [2.05, 4.69) is 15.6 Å². The molecule has 1 aliphatic rings. The van der Waals surface area contributed by atoms with E-state index in [0.29, 0.717) is 18.7 Å². The standard InChI is InChI=1S/C12H19N5O2/c1-4-5-10-12(19)17(8(2)11(18)13-10)7-9-6-16(3)15-14-9/h6,8,10H,4-5,7H2,1-3H3,(H,13,18). The van der Waals surface area contributed by atoms with E-state index in [1.807, 2.05) is 6.92 Å². The van der Waals surface area contributed by atoms with E-state index < -0.39 is 12.1 Å². The van der Waals surface area contributed by atoms with Crippen LogP contribution in [0.3, 0.4) is 0 Å². The summed E-state index contributed by atoms with van der Waals surface area (Å²) in [5.41, 5.74) is 0.688. The lowest BCUT2D eigenvalue weighted by Gasteiger charge is -2.36. The summed E-state index contributed by atoms with van der Waals surface area (Å²) in [6.07, 6.45) is 3.26. The van der Waals surface area contributed by atoms with E-state index in [9.17, 15) is 9.59 Å². The number of aryl methyl sites for hydroxylation is 1. The van der Waals surface area contributed by atoms with Crippen molar-refractivity contribution in [2.24, 2.45) is 7.05 Å². The Morgan fingerprint density at radius 1 is 1.42 bits per heavy atom. The second-order valence-electron chi connectivity index (χ2n) is 4.88. The fourth-order valence-corrected chi connectivity index (χ4v) is 2.23. The molecule has 2 amide bonds. The van der Waals surface area contributed by atoms with Gasteiger partial charge in [-0.1, -0.05) is 18.6 Å². The van der Waals surface area contributed by atoms with E-state index >= 15 is 0 Å². The molecular weight excluding hydrogens is 246 g/mol. The predicted molar refractivity (Wildman–Crippen MR) is 67.9 cm³/mol. The topological polar surface area (TPSA) is 80.1 Å². The third-order valence-electron chi connectivity index (χ3n) is 3.30. The van der Waals surface area contributed by atoms with Crippen LogP contribution in [0.25, 0.3) is 0 Å². The van der Waals surface area contributed by atoms with E-state index in [1.54, 1.807) is 29.7 Å². The molecule has 1 fully saturated rings. The number of nitrogens with zero attached hydrogens (tertiary/aromatic N) is 4. The number of piperazine rings is 1. The maximum atomic E-state index is 12.3. The lowest BCUT2D eigenvalue weighted by Crippen LogP contribution is -2.61. The summed E-state index contributed by atoms with van der Waals surface area (Å²) < 4.78 is 1.58. The highest BCUT2D eigenvalue weighted by atomic mass is 16.2. The Morgan fingerprint density at radius 3 is 2.74 bits per heavy atom. The van der Waals surface area contributed by atoms with Gasteiger partial charge in [0.05, 0.1) is 6.54 Å². The van der Waals surface area contributed by atoms with Crippen LogP contribution in [0.1, 0.15) is 32.4 Å². The van der Waals surface area contributed by atoms with Gasteiger partial charge in [0.2, 0.25) is 11.8 Å². The minimum Gasteiger partial charge on any atom is -0.343 e. The molecule has 1 aromatic heterocycles. The van der Waals surface area contributed by atoms with Gasteiger partial charge in [0, 0.05) is 13.2 Å². The maximum absolute atomic E-state index is 12.3. The zero-order chi connectivity index (χ0) is 14.0. The highest BCUT2D eigenvalue weighted by Gasteiger charge is 2.37. The number of aromatic nitrogens is 3. The second-order valence-corrected chi connectivity index (χ2v) is 4.88. The smallest absolute Gasteiger partial charge is 0.246 e. The predicted octanol–water partition coefficient (Wildman–Crippen LogP) is -0.169. The SMILES string of the molecule is CCCC1NC(=O)C(C)N(Cc2cn(C)nn2)C1=O. The molecule has 0 spiro atoms. The molecule has 0 bridgehead atoms. The molecule has 0 radical (unpaired) electrons. The van der Waals surface area contributed by atoms with Crippen molar-refractivity contribution < 1.29 is 9.59 Å². The average Bonchev–Trinajstić information content (AvgIpc) is 2.77. The van der Waals surface area contributed by atoms with Crippen molar-refractivity contribution in [2.45, 2.75) is 45.3 Å². The van der Waals surface area contributed by atoms with Crippen LogP contribution in [0.15, 0.2) is 6.20 Å². The quantitative estimate of drug-likeness (QED) is 0.819. The largest absolute Gasteiger partial charge is 0.343 e. The molecular formula is C12H19N5O2. The molecule has 0 aliphatic carbocycles. The second kappa shape index (κ2) is 5.38. The molecule has 7 nitrogen and oxygen atoms in total. The van der Waals surface area contributed by atoms with Crippen molar-refractivity contribution >= 4 is 11.8 Å². The third-order valence-corrected chi connectivity index (χ3v) is 3.30. The van der Waals surface area contributed by atoms with Crippen LogP contribution < -0.4 is 5.32 Å². The average molecular weight is 265 g/mol. The van der Waals surface area contributed by atoms with E-state index in [1.165, 1.54) is 0 Å². The molecule has 0 saturated carbocycles. The van der Waals surface area contributed by atoms with Crippen LogP contribution >= 0.6 is 0 Å². The van der Waals surface area contributed by atoms with Crippen molar-refractivity contribution in [3.63, 3.8) is 0 Å². The molecule has 0 aromatic carbocycles. The molecule has 2 unspecified atom stereocenters. The van der Waals surface area contributed by atoms with Crippen LogP contribution in [-0.2, 0) is 23.2 Å². The van der Waals surface area contributed by atoms with Gasteiger partial charge in [-0.3, -0.25) is 14.3 Å². The summed E-state index contributed by atoms with van der Waals surface area (Å²) in [5.74, 6) is -0.151. The van der Waals surface area contributed by atoms with E-state index in [0.717, 1.165) is 6.42 Å². The molecule has 7 heteroatoms. The van der Waals surface area contributed by atoms with Gasteiger partial charge >= 0.3 is 0 Å². The van der Waals surface area contributed by atoms with Crippen molar-refractivity contribution in [1.82, 2.24) is 25.2 Å². The number of hydrogen-bond acceptors (Lipinski definition) is 4. The molecule has 104 valence electrons. The van der Waals surface area contributed by atoms with Crippen LogP contribution in [0.5, 0.6) is 0 Å². The molecule has 1 N–H and O–H groups in total. The Labute approximate surface area is 112 Å². The first-order valence-electron chi connectivity index (χ1n) is 6.49. The summed E-state index contributed by atoms with van der Waals surface area (Å²) in [6, 6.07) is -0.881. The van der Waals surface area contributed by atoms with Gasteiger partial charge < -0.3 is 10.2 Å². The molecule has 2 rings (SSSR count). The van der Waals surface area contributed by atoms with Gasteiger partial charge in [0.1, 0.15) is 17.8 Å². The van der Waals surface area contributed by atoms with Crippen LogP contribution in [0.2, 0.25) is 0 Å². The highest BCUT2D eigenvalue weighted by Crippen LogP contribution is 2.15. The summed E-state index contributed by atoms with van der Waals surface area (Å²) in [5, 5.41) is 10.6. The molecule has 19 heavy (non-hydrogen) atoms. The monoisotopic (exact) mass is 265 g/mol. The Bertz CT molecular complexity index is 484. The van der Waals surface area contributed by atoms with Gasteiger partial charge in [-0.2, -0.15) is 0 Å². The molecule has 1 saturated heterocycles. The number of carbonyl (C=O) groups excluding carboxylic acids is 2. The Morgan fingerprint density at radius 2 is 2.16 bits per heavy atom. The summed E-state index contributed by atoms with van der Waals surface area (Å²) in [4.78, 5) is 25.8. The van der Waals surface area contributed by atoms with E-state index in [4.69, 9.17) is 0 Å². The third kappa shape index (κ3) is 2.74. The van der Waals surface area contributed by atoms with Gasteiger partial charge in [-0.15, -0.1) is 5.10 Å². The van der Waals surface area contributed by atoms with Crippen molar-refractivity contribution in [3.05, 3.63) is 11.9 Å². The lowest BCUT2D eigenvalue weighted by molar-refractivity contribution is -0.149. The van der Waals surface area contributed by atoms with Crippen molar-refractivity contribution in [3.8, 4) is 0 Å². The zero-order valence-corrected chi connectivity index (χ0v) is 11.5. The zero-order valence-electron chi connectivity index (χ0n) is 11.5. The summed E-state index contributed by atoms with van der Waals surface area (Å²) in [7, 11) is 1.77. The van der Waals surface area contributed by atoms with Crippen LogP contribution in [-0.4, -0.2) is 43.8 Å². The Hall–Kier alpha value is -1.92. The number of carbonyl (C=O) groups is 2. The highest BCUT2D eigenvalue weighted by molar-refractivity contribution is 5.96. The number of nitrogens with one attached hydrogen (secondary N) is 1. The number of hydrogen-bond donors (Lipinski definition) is 1. The molecule has 2 atom stereocenters. The van der Waals surface area contributed by atoms with Gasteiger partial charge in [-0.05, 0) is 13.3 Å². The first-order chi connectivity index (χ1) is 9.02. The Kier molecular flexibility index (Phi) is 3.82. The van der Waals surface area contributed by atoms with Gasteiger partial charge in [0.15, 0.2) is 0 Å². The first-order valence-corrected chi connectivity index (χ1v) is 6.49. The van der Waals surface area contributed by atoms with E-state index in [-0.39, 0.29) is 11.8 Å². The van der Waals surface area contributed by atoms with Gasteiger partial charge in [-0.25, -0.2) is 0 Å². The minimum absolute atomic E-state index is 0.0420. The lowest BCUT2D eigenvalue weighted by atomic mass is 10.0. The maximum Gasteiger partial charge on any atom is 0.246 e. The fourth-order valence-electron chi connectivity index (χ4n) is 2.23. The normalized spacial score (nSPS) is 23.6. The van der Waals surface area contributed by atoms with Crippen molar-refractivity contribution in [1.29, 1.82) is 0 Å². The first kappa shape index (κ1) is 13.5. The summed E-state index contributed by atoms with van der Waals surface area (Å²) in [6.45, 7) is 4.04. The van der Waals surface area contributed by atoms with Crippen molar-refractivity contribution in [2.75, 3.05) is 0 Å². The minimum atomic E-state index is -0.470. The Balaban J connectivity index is 2.15. The molecule has 2 heterocycles.